The summed E-state index contributed by atoms with van der Waals surface area (Å²) in [5.74, 6) is 4.67. The third kappa shape index (κ3) is 2.22. The van der Waals surface area contributed by atoms with Gasteiger partial charge in [-0.25, -0.2) is 0 Å². The van der Waals surface area contributed by atoms with Gasteiger partial charge >= 0.3 is 0 Å². The normalized spacial score (nSPS) is 48.4. The van der Waals surface area contributed by atoms with Gasteiger partial charge in [0.1, 0.15) is 6.10 Å². The minimum absolute atomic E-state index is 0.0436. The predicted octanol–water partition coefficient (Wildman–Crippen LogP) is 4.40. The first kappa shape index (κ1) is 19.1. The fourth-order valence-corrected chi connectivity index (χ4v) is 9.93. The summed E-state index contributed by atoms with van der Waals surface area (Å²) in [6, 6.07) is 4.19. The molecule has 32 heavy (non-hydrogen) atoms. The maximum Gasteiger partial charge on any atom is 0.165 e. The first-order valence-corrected chi connectivity index (χ1v) is 13.6. The quantitative estimate of drug-likeness (QED) is 0.723. The largest absolute Gasteiger partial charge is 0.504 e. The Labute approximate surface area is 191 Å². The fourth-order valence-electron chi connectivity index (χ4n) is 9.93. The Morgan fingerprint density at radius 2 is 1.84 bits per heavy atom. The maximum absolute atomic E-state index is 12.8. The zero-order valence-corrected chi connectivity index (χ0v) is 19.1. The van der Waals surface area contributed by atoms with E-state index in [-0.39, 0.29) is 23.3 Å². The molecule has 4 heteroatoms. The number of phenolic OH excluding ortho intramolecular Hbond substituents is 1. The summed E-state index contributed by atoms with van der Waals surface area (Å²) >= 11 is 0. The monoisotopic (exact) mass is 435 g/mol. The Balaban J connectivity index is 1.28. The molecule has 5 aliphatic carbocycles. The third-order valence-electron chi connectivity index (χ3n) is 11.4. The lowest BCUT2D eigenvalue weighted by molar-refractivity contribution is -0.222. The van der Waals surface area contributed by atoms with Gasteiger partial charge in [-0.05, 0) is 86.8 Å². The lowest BCUT2D eigenvalue weighted by atomic mass is 9.43. The summed E-state index contributed by atoms with van der Waals surface area (Å²) in [5, 5.41) is 23.7. The molecule has 8 rings (SSSR count). The molecule has 0 radical (unpaired) electrons. The molecule has 5 fully saturated rings. The van der Waals surface area contributed by atoms with Gasteiger partial charge in [0.25, 0.3) is 0 Å². The van der Waals surface area contributed by atoms with Gasteiger partial charge < -0.3 is 14.9 Å². The van der Waals surface area contributed by atoms with E-state index in [4.69, 9.17) is 4.74 Å². The van der Waals surface area contributed by atoms with Gasteiger partial charge in [-0.15, -0.1) is 0 Å². The SMILES string of the molecule is Oc1ccc2c3c1OC1C4CC5CCCCC5CC4C[C@@]4(O)C(C2)N(CC2CC2)CC[C@]314. The van der Waals surface area contributed by atoms with Crippen molar-refractivity contribution in [3.63, 3.8) is 0 Å². The van der Waals surface area contributed by atoms with Crippen molar-refractivity contribution in [3.8, 4) is 11.5 Å². The summed E-state index contributed by atoms with van der Waals surface area (Å²) in [4.78, 5) is 2.67. The van der Waals surface area contributed by atoms with Gasteiger partial charge in [0, 0.05) is 24.1 Å². The average molecular weight is 436 g/mol. The molecule has 172 valence electrons. The number of piperidine rings is 1. The van der Waals surface area contributed by atoms with Gasteiger partial charge in [0.2, 0.25) is 0 Å². The molecule has 7 aliphatic rings. The predicted molar refractivity (Wildman–Crippen MR) is 122 cm³/mol. The number of likely N-dealkylation sites (tertiary alicyclic amines) is 1. The van der Waals surface area contributed by atoms with Crippen LogP contribution in [0.3, 0.4) is 0 Å². The molecule has 0 aromatic heterocycles. The standard InChI is InChI=1S/C28H37NO3/c30-22-8-7-19-13-23-28(31)14-20-11-17-3-1-2-4-18(17)12-21(20)26-27(28,24(19)25(22)32-26)9-10-29(23)15-16-5-6-16/h7-8,16-18,20-21,23,26,30-31H,1-6,9-15H2/t17?,18?,20?,21?,23?,26?,27-,28+/m0/s1. The molecule has 8 atom stereocenters. The third-order valence-corrected chi connectivity index (χ3v) is 11.4. The first-order valence-electron chi connectivity index (χ1n) is 13.6. The Morgan fingerprint density at radius 1 is 1.03 bits per heavy atom. The molecular weight excluding hydrogens is 398 g/mol. The van der Waals surface area contributed by atoms with E-state index < -0.39 is 5.60 Å². The number of fused-ring (bicyclic) bond motifs is 3. The molecular formula is C28H37NO3. The second-order valence-electron chi connectivity index (χ2n) is 12.7. The van der Waals surface area contributed by atoms with Crippen LogP contribution in [0, 0.1) is 29.6 Å². The maximum atomic E-state index is 12.8. The average Bonchev–Trinajstić information content (AvgIpc) is 3.53. The van der Waals surface area contributed by atoms with E-state index in [9.17, 15) is 10.2 Å². The van der Waals surface area contributed by atoms with Crippen molar-refractivity contribution in [1.82, 2.24) is 4.90 Å². The Kier molecular flexibility index (Phi) is 3.72. The molecule has 0 amide bonds. The second kappa shape index (κ2) is 6.24. The Morgan fingerprint density at radius 3 is 2.66 bits per heavy atom. The van der Waals surface area contributed by atoms with Crippen molar-refractivity contribution in [2.45, 2.75) is 93.8 Å². The second-order valence-corrected chi connectivity index (χ2v) is 12.7. The molecule has 2 bridgehead atoms. The number of nitrogens with zero attached hydrogens (tertiary/aromatic N) is 1. The van der Waals surface area contributed by atoms with Crippen molar-refractivity contribution in [3.05, 3.63) is 23.3 Å². The van der Waals surface area contributed by atoms with Gasteiger partial charge in [-0.3, -0.25) is 4.90 Å². The number of ether oxygens (including phenoxy) is 1. The number of rotatable bonds is 2. The fraction of sp³-hybridized carbons (Fsp3) is 0.786. The van der Waals surface area contributed by atoms with Crippen LogP contribution in [-0.4, -0.2) is 45.9 Å². The summed E-state index contributed by atoms with van der Waals surface area (Å²) in [6.07, 6.45) is 13.7. The number of aromatic hydroxyl groups is 1. The van der Waals surface area contributed by atoms with Gasteiger partial charge in [0.15, 0.2) is 11.5 Å². The molecule has 2 heterocycles. The highest BCUT2D eigenvalue weighted by Crippen LogP contribution is 2.69. The molecule has 2 N–H and O–H groups in total. The first-order chi connectivity index (χ1) is 15.6. The minimum Gasteiger partial charge on any atom is -0.504 e. The van der Waals surface area contributed by atoms with E-state index in [0.29, 0.717) is 11.8 Å². The molecule has 6 unspecified atom stereocenters. The van der Waals surface area contributed by atoms with Crippen LogP contribution >= 0.6 is 0 Å². The number of phenols is 1. The van der Waals surface area contributed by atoms with E-state index in [0.717, 1.165) is 55.9 Å². The molecule has 2 aliphatic heterocycles. The number of hydrogen-bond donors (Lipinski definition) is 2. The molecule has 1 saturated heterocycles. The van der Waals surface area contributed by atoms with Crippen molar-refractivity contribution in [2.75, 3.05) is 13.1 Å². The van der Waals surface area contributed by atoms with E-state index in [1.165, 1.54) is 62.5 Å². The van der Waals surface area contributed by atoms with Crippen LogP contribution in [0.15, 0.2) is 12.1 Å². The topological polar surface area (TPSA) is 52.9 Å². The van der Waals surface area contributed by atoms with Crippen LogP contribution in [0.25, 0.3) is 0 Å². The van der Waals surface area contributed by atoms with Crippen LogP contribution in [0.5, 0.6) is 11.5 Å². The highest BCUT2D eigenvalue weighted by Gasteiger charge is 2.74. The summed E-state index contributed by atoms with van der Waals surface area (Å²) in [5.41, 5.74) is 1.50. The van der Waals surface area contributed by atoms with E-state index in [1.807, 2.05) is 6.07 Å². The van der Waals surface area contributed by atoms with E-state index in [1.54, 1.807) is 0 Å². The van der Waals surface area contributed by atoms with Crippen LogP contribution < -0.4 is 4.74 Å². The zero-order chi connectivity index (χ0) is 21.2. The van der Waals surface area contributed by atoms with Crippen LogP contribution in [0.2, 0.25) is 0 Å². The van der Waals surface area contributed by atoms with Crippen LogP contribution in [0.1, 0.15) is 75.3 Å². The molecule has 4 nitrogen and oxygen atoms in total. The van der Waals surface area contributed by atoms with Gasteiger partial charge in [0.05, 0.1) is 11.0 Å². The Hall–Kier alpha value is -1.26. The van der Waals surface area contributed by atoms with Crippen molar-refractivity contribution in [1.29, 1.82) is 0 Å². The van der Waals surface area contributed by atoms with Gasteiger partial charge in [-0.2, -0.15) is 0 Å². The zero-order valence-electron chi connectivity index (χ0n) is 19.1. The summed E-state index contributed by atoms with van der Waals surface area (Å²) in [7, 11) is 0. The lowest BCUT2D eigenvalue weighted by Crippen LogP contribution is -2.78. The van der Waals surface area contributed by atoms with Crippen molar-refractivity contribution >= 4 is 0 Å². The minimum atomic E-state index is -0.723. The van der Waals surface area contributed by atoms with Crippen molar-refractivity contribution < 1.29 is 14.9 Å². The molecule has 4 saturated carbocycles. The molecule has 1 spiro atoms. The van der Waals surface area contributed by atoms with E-state index in [2.05, 4.69) is 11.0 Å². The van der Waals surface area contributed by atoms with E-state index >= 15 is 0 Å². The number of hydrogen-bond acceptors (Lipinski definition) is 4. The molecule has 1 aromatic rings. The smallest absolute Gasteiger partial charge is 0.165 e. The van der Waals surface area contributed by atoms with Crippen LogP contribution in [0.4, 0.5) is 0 Å². The number of benzene rings is 1. The number of aliphatic hydroxyl groups is 1. The highest BCUT2D eigenvalue weighted by atomic mass is 16.5. The highest BCUT2D eigenvalue weighted by molar-refractivity contribution is 5.62. The Bertz CT molecular complexity index is 974. The van der Waals surface area contributed by atoms with Gasteiger partial charge in [-0.1, -0.05) is 31.7 Å². The molecule has 1 aromatic carbocycles. The van der Waals surface area contributed by atoms with Crippen LogP contribution in [-0.2, 0) is 11.8 Å². The summed E-state index contributed by atoms with van der Waals surface area (Å²) < 4.78 is 6.82. The lowest BCUT2D eigenvalue weighted by Gasteiger charge is -2.67. The van der Waals surface area contributed by atoms with Crippen molar-refractivity contribution in [2.24, 2.45) is 29.6 Å². The summed E-state index contributed by atoms with van der Waals surface area (Å²) in [6.45, 7) is 2.23.